The molecule has 0 aliphatic carbocycles. The maximum absolute atomic E-state index is 5.40. The lowest BCUT2D eigenvalue weighted by Crippen LogP contribution is -2.14. The van der Waals surface area contributed by atoms with Gasteiger partial charge in [0.05, 0.1) is 10.7 Å². The molecule has 1 aromatic heterocycles. The van der Waals surface area contributed by atoms with E-state index in [0.29, 0.717) is 5.92 Å². The lowest BCUT2D eigenvalue weighted by molar-refractivity contribution is 0.0852. The van der Waals surface area contributed by atoms with Gasteiger partial charge in [0, 0.05) is 24.5 Å². The smallest absolute Gasteiger partial charge is 0.0960 e. The topological polar surface area (TPSA) is 34.1 Å². The summed E-state index contributed by atoms with van der Waals surface area (Å²) in [6.07, 6.45) is 4.77. The summed E-state index contributed by atoms with van der Waals surface area (Å²) in [6.45, 7) is 4.17. The zero-order valence-electron chi connectivity index (χ0n) is 10.2. The van der Waals surface area contributed by atoms with E-state index in [1.807, 2.05) is 11.3 Å². The van der Waals surface area contributed by atoms with E-state index in [-0.39, 0.29) is 0 Å². The van der Waals surface area contributed by atoms with Crippen LogP contribution in [0.5, 0.6) is 0 Å². The van der Waals surface area contributed by atoms with Crippen LogP contribution < -0.4 is 5.32 Å². The molecular weight excluding hydrogens is 232 g/mol. The third kappa shape index (κ3) is 2.87. The summed E-state index contributed by atoms with van der Waals surface area (Å²) in [5.74, 6) is 1.46. The van der Waals surface area contributed by atoms with Crippen molar-refractivity contribution in [3.05, 3.63) is 16.1 Å². The minimum Gasteiger partial charge on any atom is -0.381 e. The predicted molar refractivity (Wildman–Crippen MR) is 69.6 cm³/mol. The normalized spacial score (nSPS) is 26.5. The average molecular weight is 252 g/mol. The summed E-state index contributed by atoms with van der Waals surface area (Å²) in [5, 5.41) is 7.03. The third-order valence-corrected chi connectivity index (χ3v) is 4.86. The molecule has 2 fully saturated rings. The molecule has 1 atom stereocenters. The molecule has 0 aromatic carbocycles. The lowest BCUT2D eigenvalue weighted by Gasteiger charge is -2.19. The summed E-state index contributed by atoms with van der Waals surface area (Å²) in [7, 11) is 0. The van der Waals surface area contributed by atoms with Gasteiger partial charge in [0.1, 0.15) is 0 Å². The second-order valence-corrected chi connectivity index (χ2v) is 6.02. The molecule has 3 rings (SSSR count). The number of rotatable bonds is 3. The molecule has 0 amide bonds. The molecule has 94 valence electrons. The van der Waals surface area contributed by atoms with Gasteiger partial charge in [-0.25, -0.2) is 4.98 Å². The van der Waals surface area contributed by atoms with Crippen LogP contribution in [0.25, 0.3) is 0 Å². The molecule has 1 N–H and O–H groups in total. The Bertz CT molecular complexity index is 354. The van der Waals surface area contributed by atoms with Crippen LogP contribution in [0.4, 0.5) is 0 Å². The van der Waals surface area contributed by atoms with Gasteiger partial charge >= 0.3 is 0 Å². The first kappa shape index (κ1) is 11.6. The lowest BCUT2D eigenvalue weighted by atomic mass is 10.0. The van der Waals surface area contributed by atoms with Crippen molar-refractivity contribution in [3.63, 3.8) is 0 Å². The van der Waals surface area contributed by atoms with E-state index >= 15 is 0 Å². The molecule has 4 heteroatoms. The van der Waals surface area contributed by atoms with E-state index in [1.54, 1.807) is 0 Å². The van der Waals surface area contributed by atoms with Crippen LogP contribution >= 0.6 is 11.3 Å². The van der Waals surface area contributed by atoms with Crippen molar-refractivity contribution < 1.29 is 4.74 Å². The number of ether oxygens (including phenoxy) is 1. The fraction of sp³-hybridized carbons (Fsp3) is 0.769. The number of hydrogen-bond donors (Lipinski definition) is 1. The Morgan fingerprint density at radius 2 is 2.24 bits per heavy atom. The Morgan fingerprint density at radius 3 is 3.00 bits per heavy atom. The summed E-state index contributed by atoms with van der Waals surface area (Å²) in [4.78, 5) is 4.83. The fourth-order valence-electron chi connectivity index (χ4n) is 2.73. The van der Waals surface area contributed by atoms with Gasteiger partial charge in [-0.3, -0.25) is 0 Å². The van der Waals surface area contributed by atoms with E-state index in [0.717, 1.165) is 38.4 Å². The third-order valence-electron chi connectivity index (χ3n) is 3.80. The zero-order chi connectivity index (χ0) is 11.5. The van der Waals surface area contributed by atoms with Crippen molar-refractivity contribution in [1.29, 1.82) is 0 Å². The molecule has 17 heavy (non-hydrogen) atoms. The van der Waals surface area contributed by atoms with Crippen LogP contribution in [0.1, 0.15) is 35.9 Å². The van der Waals surface area contributed by atoms with Gasteiger partial charge in [0.2, 0.25) is 0 Å². The largest absolute Gasteiger partial charge is 0.381 e. The molecule has 0 spiro atoms. The number of thiazole rings is 1. The Balaban J connectivity index is 1.60. The maximum atomic E-state index is 5.40. The highest BCUT2D eigenvalue weighted by molar-refractivity contribution is 7.09. The van der Waals surface area contributed by atoms with Crippen LogP contribution in [-0.2, 0) is 11.2 Å². The van der Waals surface area contributed by atoms with Gasteiger partial charge in [0.25, 0.3) is 0 Å². The number of nitrogens with one attached hydrogen (secondary N) is 1. The van der Waals surface area contributed by atoms with Crippen molar-refractivity contribution in [1.82, 2.24) is 10.3 Å². The highest BCUT2D eigenvalue weighted by Crippen LogP contribution is 2.30. The number of nitrogens with zero attached hydrogens (tertiary/aromatic N) is 1. The number of aromatic nitrogens is 1. The highest BCUT2D eigenvalue weighted by atomic mass is 32.1. The molecule has 1 unspecified atom stereocenters. The van der Waals surface area contributed by atoms with Gasteiger partial charge in [0.15, 0.2) is 0 Å². The Kier molecular flexibility index (Phi) is 3.74. The molecule has 2 saturated heterocycles. The Morgan fingerprint density at radius 1 is 1.35 bits per heavy atom. The van der Waals surface area contributed by atoms with Gasteiger partial charge in [-0.1, -0.05) is 0 Å². The van der Waals surface area contributed by atoms with Gasteiger partial charge in [-0.05, 0) is 44.7 Å². The van der Waals surface area contributed by atoms with E-state index in [4.69, 9.17) is 9.72 Å². The summed E-state index contributed by atoms with van der Waals surface area (Å²) in [6, 6.07) is 0. The van der Waals surface area contributed by atoms with Crippen molar-refractivity contribution in [2.45, 2.75) is 31.6 Å². The van der Waals surface area contributed by atoms with Gasteiger partial charge < -0.3 is 10.1 Å². The van der Waals surface area contributed by atoms with Crippen molar-refractivity contribution in [2.75, 3.05) is 26.3 Å². The van der Waals surface area contributed by atoms with Crippen molar-refractivity contribution in [3.8, 4) is 0 Å². The molecule has 3 nitrogen and oxygen atoms in total. The van der Waals surface area contributed by atoms with Crippen LogP contribution in [0.2, 0.25) is 0 Å². The average Bonchev–Trinajstić information content (AvgIpc) is 3.02. The second kappa shape index (κ2) is 5.46. The first-order chi connectivity index (χ1) is 8.42. The molecule has 1 aromatic rings. The standard InChI is InChI=1S/C13H20N2OS/c1-4-14-8-10(1)7-12-9-17-13(15-12)11-2-5-16-6-3-11/h9-11,14H,1-8H2. The number of hydrogen-bond acceptors (Lipinski definition) is 4. The Labute approximate surface area is 107 Å². The van der Waals surface area contributed by atoms with Crippen LogP contribution in [0, 0.1) is 5.92 Å². The minimum absolute atomic E-state index is 0.657. The Hall–Kier alpha value is -0.450. The molecular formula is C13H20N2OS. The first-order valence-corrected chi connectivity index (χ1v) is 7.52. The highest BCUT2D eigenvalue weighted by Gasteiger charge is 2.21. The summed E-state index contributed by atoms with van der Waals surface area (Å²) < 4.78 is 5.40. The van der Waals surface area contributed by atoms with Gasteiger partial charge in [-0.15, -0.1) is 11.3 Å². The predicted octanol–water partition coefficient (Wildman–Crippen LogP) is 2.19. The molecule has 3 heterocycles. The SMILES string of the molecule is c1sc(C2CCOCC2)nc1CC1CCNC1. The van der Waals surface area contributed by atoms with Crippen molar-refractivity contribution >= 4 is 11.3 Å². The first-order valence-electron chi connectivity index (χ1n) is 6.64. The van der Waals surface area contributed by atoms with Crippen molar-refractivity contribution in [2.24, 2.45) is 5.92 Å². The fourth-order valence-corrected chi connectivity index (χ4v) is 3.74. The van der Waals surface area contributed by atoms with E-state index in [2.05, 4.69) is 10.7 Å². The summed E-state index contributed by atoms with van der Waals surface area (Å²) in [5.41, 5.74) is 1.31. The van der Waals surface area contributed by atoms with E-state index in [1.165, 1.54) is 30.2 Å². The second-order valence-electron chi connectivity index (χ2n) is 5.13. The molecule has 2 aliphatic rings. The molecule has 2 aliphatic heterocycles. The maximum Gasteiger partial charge on any atom is 0.0960 e. The van der Waals surface area contributed by atoms with E-state index in [9.17, 15) is 0 Å². The monoisotopic (exact) mass is 252 g/mol. The summed E-state index contributed by atoms with van der Waals surface area (Å²) >= 11 is 1.85. The van der Waals surface area contributed by atoms with Crippen LogP contribution in [0.15, 0.2) is 5.38 Å². The molecule has 0 bridgehead atoms. The van der Waals surface area contributed by atoms with Crippen LogP contribution in [0.3, 0.4) is 0 Å². The van der Waals surface area contributed by atoms with Gasteiger partial charge in [-0.2, -0.15) is 0 Å². The van der Waals surface area contributed by atoms with Crippen LogP contribution in [-0.4, -0.2) is 31.3 Å². The van der Waals surface area contributed by atoms with E-state index < -0.39 is 0 Å². The minimum atomic E-state index is 0.657. The molecule has 0 saturated carbocycles. The zero-order valence-corrected chi connectivity index (χ0v) is 11.0. The quantitative estimate of drug-likeness (QED) is 0.895. The molecule has 0 radical (unpaired) electrons.